The lowest BCUT2D eigenvalue weighted by molar-refractivity contribution is 0.625. The Morgan fingerprint density at radius 1 is 1.31 bits per heavy atom. The molecule has 2 N–H and O–H groups in total. The Kier molecular flexibility index (Phi) is 1.98. The molecule has 4 heteroatoms. The second-order valence-corrected chi connectivity index (χ2v) is 3.67. The van der Waals surface area contributed by atoms with Crippen LogP contribution in [0.15, 0.2) is 30.6 Å². The van der Waals surface area contributed by atoms with Crippen molar-refractivity contribution in [3.63, 3.8) is 0 Å². The number of nitrogens with two attached hydrogens (primary N) is 1. The number of hydrogen-bond acceptors (Lipinski definition) is 3. The Balaban J connectivity index is 2.52. The van der Waals surface area contributed by atoms with Crippen LogP contribution >= 0.6 is 11.3 Å². The maximum atomic E-state index is 13.2. The summed E-state index contributed by atoms with van der Waals surface area (Å²) in [6.07, 6.45) is 2.76. The number of nitrogens with zero attached hydrogens (tertiary/aromatic N) is 1. The third-order valence-electron chi connectivity index (χ3n) is 1.66. The van der Waals surface area contributed by atoms with Crippen LogP contribution in [0.1, 0.15) is 0 Å². The minimum atomic E-state index is -0.315. The summed E-state index contributed by atoms with van der Waals surface area (Å²) >= 11 is 1.36. The molecule has 2 heterocycles. The van der Waals surface area contributed by atoms with Crippen molar-refractivity contribution < 1.29 is 4.39 Å². The molecule has 0 unspecified atom stereocenters. The summed E-state index contributed by atoms with van der Waals surface area (Å²) in [4.78, 5) is 4.51. The van der Waals surface area contributed by atoms with Crippen LogP contribution in [-0.4, -0.2) is 4.98 Å². The molecule has 0 saturated carbocycles. The lowest BCUT2D eigenvalue weighted by Crippen LogP contribution is -1.81. The van der Waals surface area contributed by atoms with Crippen molar-refractivity contribution in [2.75, 3.05) is 5.73 Å². The molecule has 0 saturated heterocycles. The molecule has 2 aromatic rings. The van der Waals surface area contributed by atoms with E-state index in [0.717, 1.165) is 4.88 Å². The first kappa shape index (κ1) is 8.19. The molecular formula is C9H7FN2S. The van der Waals surface area contributed by atoms with E-state index >= 15 is 0 Å². The summed E-state index contributed by atoms with van der Waals surface area (Å²) in [5.41, 5.74) is 6.10. The fraction of sp³-hybridized carbons (Fsp3) is 0. The number of hydrogen-bond donors (Lipinski definition) is 1. The number of halogens is 1. The van der Waals surface area contributed by atoms with Crippen molar-refractivity contribution in [1.29, 1.82) is 0 Å². The van der Waals surface area contributed by atoms with Gasteiger partial charge in [-0.15, -0.1) is 11.3 Å². The average molecular weight is 194 g/mol. The van der Waals surface area contributed by atoms with Gasteiger partial charge in [0.25, 0.3) is 0 Å². The van der Waals surface area contributed by atoms with Gasteiger partial charge in [-0.3, -0.25) is 4.98 Å². The fourth-order valence-corrected chi connectivity index (χ4v) is 1.87. The quantitative estimate of drug-likeness (QED) is 0.757. The normalized spacial score (nSPS) is 10.2. The van der Waals surface area contributed by atoms with E-state index in [4.69, 9.17) is 5.73 Å². The predicted octanol–water partition coefficient (Wildman–Crippen LogP) is 2.53. The van der Waals surface area contributed by atoms with E-state index < -0.39 is 0 Å². The van der Waals surface area contributed by atoms with E-state index in [2.05, 4.69) is 4.98 Å². The van der Waals surface area contributed by atoms with Crippen molar-refractivity contribution >= 4 is 16.3 Å². The molecule has 2 rings (SSSR count). The Hall–Kier alpha value is -1.42. The monoisotopic (exact) mass is 194 g/mol. The number of aromatic nitrogens is 1. The summed E-state index contributed by atoms with van der Waals surface area (Å²) in [5.74, 6) is -0.315. The Bertz CT molecular complexity index is 425. The van der Waals surface area contributed by atoms with Crippen molar-refractivity contribution in [2.24, 2.45) is 0 Å². The second-order valence-electron chi connectivity index (χ2n) is 2.56. The number of thiophene rings is 1. The number of anilines is 1. The highest BCUT2D eigenvalue weighted by molar-refractivity contribution is 7.19. The van der Waals surface area contributed by atoms with Crippen LogP contribution in [0.25, 0.3) is 10.4 Å². The van der Waals surface area contributed by atoms with Crippen LogP contribution in [0.3, 0.4) is 0 Å². The number of rotatable bonds is 1. The number of nitrogen functional groups attached to an aromatic ring is 1. The minimum Gasteiger partial charge on any atom is -0.391 e. The summed E-state index contributed by atoms with van der Waals surface area (Å²) < 4.78 is 13.2. The predicted molar refractivity (Wildman–Crippen MR) is 51.9 cm³/mol. The highest BCUT2D eigenvalue weighted by atomic mass is 32.1. The van der Waals surface area contributed by atoms with Gasteiger partial charge >= 0.3 is 0 Å². The zero-order valence-electron chi connectivity index (χ0n) is 6.70. The standard InChI is InChI=1S/C9H7FN2S/c10-7-5-12-4-3-6(7)8-1-2-9(11)13-8/h1-5H,11H2. The van der Waals surface area contributed by atoms with Gasteiger partial charge in [0.1, 0.15) is 5.82 Å². The molecule has 0 atom stereocenters. The van der Waals surface area contributed by atoms with E-state index in [9.17, 15) is 4.39 Å². The van der Waals surface area contributed by atoms with Gasteiger partial charge in [-0.1, -0.05) is 0 Å². The third-order valence-corrected chi connectivity index (χ3v) is 2.61. The maximum Gasteiger partial charge on any atom is 0.150 e. The highest BCUT2D eigenvalue weighted by Gasteiger charge is 2.05. The fourth-order valence-electron chi connectivity index (χ4n) is 1.07. The van der Waals surface area contributed by atoms with E-state index in [1.807, 2.05) is 0 Å². The summed E-state index contributed by atoms with van der Waals surface area (Å²) in [6.45, 7) is 0. The lowest BCUT2D eigenvalue weighted by Gasteiger charge is -1.96. The van der Waals surface area contributed by atoms with Crippen LogP contribution in [0.5, 0.6) is 0 Å². The third kappa shape index (κ3) is 1.53. The summed E-state index contributed by atoms with van der Waals surface area (Å²) in [5, 5.41) is 0.686. The highest BCUT2D eigenvalue weighted by Crippen LogP contribution is 2.30. The second kappa shape index (κ2) is 3.14. The minimum absolute atomic E-state index is 0.315. The average Bonchev–Trinajstić information content (AvgIpc) is 2.53. The van der Waals surface area contributed by atoms with Crippen molar-refractivity contribution in [3.05, 3.63) is 36.4 Å². The smallest absolute Gasteiger partial charge is 0.150 e. The molecule has 13 heavy (non-hydrogen) atoms. The first-order chi connectivity index (χ1) is 6.27. The molecule has 0 aliphatic rings. The van der Waals surface area contributed by atoms with E-state index in [-0.39, 0.29) is 5.82 Å². The van der Waals surface area contributed by atoms with Gasteiger partial charge in [0, 0.05) is 16.6 Å². The van der Waals surface area contributed by atoms with Gasteiger partial charge in [-0.2, -0.15) is 0 Å². The molecular weight excluding hydrogens is 187 g/mol. The topological polar surface area (TPSA) is 38.9 Å². The van der Waals surface area contributed by atoms with Gasteiger partial charge < -0.3 is 5.73 Å². The molecule has 0 aliphatic heterocycles. The molecule has 0 radical (unpaired) electrons. The molecule has 0 aliphatic carbocycles. The Labute approximate surface area is 78.9 Å². The molecule has 0 amide bonds. The first-order valence-electron chi connectivity index (χ1n) is 3.72. The van der Waals surface area contributed by atoms with E-state index in [0.29, 0.717) is 10.6 Å². The van der Waals surface area contributed by atoms with Crippen molar-refractivity contribution in [3.8, 4) is 10.4 Å². The van der Waals surface area contributed by atoms with Crippen LogP contribution < -0.4 is 5.73 Å². The van der Waals surface area contributed by atoms with Crippen molar-refractivity contribution in [1.82, 2.24) is 4.98 Å². The van der Waals surface area contributed by atoms with Crippen molar-refractivity contribution in [2.45, 2.75) is 0 Å². The van der Waals surface area contributed by atoms with Gasteiger partial charge in [0.15, 0.2) is 0 Å². The van der Waals surface area contributed by atoms with Crippen LogP contribution in [-0.2, 0) is 0 Å². The van der Waals surface area contributed by atoms with Crippen LogP contribution in [0.2, 0.25) is 0 Å². The summed E-state index contributed by atoms with van der Waals surface area (Å²) in [6, 6.07) is 5.21. The van der Waals surface area contributed by atoms with Crippen LogP contribution in [0, 0.1) is 5.82 Å². The van der Waals surface area contributed by atoms with E-state index in [1.54, 1.807) is 24.4 Å². The molecule has 0 aromatic carbocycles. The molecule has 66 valence electrons. The zero-order chi connectivity index (χ0) is 9.26. The SMILES string of the molecule is Nc1ccc(-c2ccncc2F)s1. The molecule has 2 nitrogen and oxygen atoms in total. The molecule has 0 spiro atoms. The Morgan fingerprint density at radius 2 is 2.15 bits per heavy atom. The molecule has 2 aromatic heterocycles. The lowest BCUT2D eigenvalue weighted by atomic mass is 10.2. The zero-order valence-corrected chi connectivity index (χ0v) is 7.51. The van der Waals surface area contributed by atoms with E-state index in [1.165, 1.54) is 17.5 Å². The van der Waals surface area contributed by atoms with Crippen LogP contribution in [0.4, 0.5) is 9.39 Å². The molecule has 0 fully saturated rings. The maximum absolute atomic E-state index is 13.2. The Morgan fingerprint density at radius 3 is 2.77 bits per heavy atom. The largest absolute Gasteiger partial charge is 0.391 e. The van der Waals surface area contributed by atoms with Gasteiger partial charge in [-0.25, -0.2) is 4.39 Å². The van der Waals surface area contributed by atoms with Gasteiger partial charge in [-0.05, 0) is 18.2 Å². The first-order valence-corrected chi connectivity index (χ1v) is 4.54. The molecule has 0 bridgehead atoms. The van der Waals surface area contributed by atoms with Gasteiger partial charge in [0.05, 0.1) is 11.2 Å². The van der Waals surface area contributed by atoms with Gasteiger partial charge in [0.2, 0.25) is 0 Å². The number of pyridine rings is 1. The summed E-state index contributed by atoms with van der Waals surface area (Å²) in [7, 11) is 0.